The number of nitrogens with zero attached hydrogens (tertiary/aromatic N) is 1. The molecule has 0 bridgehead atoms. The highest BCUT2D eigenvalue weighted by Gasteiger charge is 2.17. The minimum atomic E-state index is -3.53. The molecule has 0 spiro atoms. The molecule has 0 atom stereocenters. The Kier molecular flexibility index (Phi) is 5.39. The van der Waals surface area contributed by atoms with Gasteiger partial charge in [0.1, 0.15) is 10.0 Å². The van der Waals surface area contributed by atoms with Gasteiger partial charge in [0.15, 0.2) is 0 Å². The summed E-state index contributed by atoms with van der Waals surface area (Å²) in [6, 6.07) is 1.53. The standard InChI is InChI=1S/C9H14ClN3O3S2/c1-6-5-8(17-9(6)10)18(15,16)12-4-2-3-7(11)13-14/h5,12,14H,2-4H2,1H3,(H2,11,13). The van der Waals surface area contributed by atoms with Crippen molar-refractivity contribution < 1.29 is 13.6 Å². The van der Waals surface area contributed by atoms with Crippen LogP contribution in [-0.4, -0.2) is 26.0 Å². The van der Waals surface area contributed by atoms with Gasteiger partial charge in [-0.1, -0.05) is 16.8 Å². The Morgan fingerprint density at radius 3 is 2.83 bits per heavy atom. The Morgan fingerprint density at radius 2 is 2.33 bits per heavy atom. The average Bonchev–Trinajstić information content (AvgIpc) is 2.66. The van der Waals surface area contributed by atoms with Crippen molar-refractivity contribution >= 4 is 38.8 Å². The number of sulfonamides is 1. The molecule has 0 fully saturated rings. The predicted octanol–water partition coefficient (Wildman–Crippen LogP) is 1.51. The monoisotopic (exact) mass is 311 g/mol. The average molecular weight is 312 g/mol. The first-order valence-electron chi connectivity index (χ1n) is 5.09. The van der Waals surface area contributed by atoms with Crippen LogP contribution in [0, 0.1) is 6.92 Å². The van der Waals surface area contributed by atoms with Crippen LogP contribution in [0.4, 0.5) is 0 Å². The predicted molar refractivity (Wildman–Crippen MR) is 71.9 cm³/mol. The maximum Gasteiger partial charge on any atom is 0.250 e. The molecule has 4 N–H and O–H groups in total. The lowest BCUT2D eigenvalue weighted by molar-refractivity contribution is 0.316. The lowest BCUT2D eigenvalue weighted by Crippen LogP contribution is -2.25. The van der Waals surface area contributed by atoms with Gasteiger partial charge in [0.2, 0.25) is 10.0 Å². The molecule has 1 heterocycles. The van der Waals surface area contributed by atoms with Crippen molar-refractivity contribution in [2.75, 3.05) is 6.54 Å². The summed E-state index contributed by atoms with van der Waals surface area (Å²) in [6.45, 7) is 1.96. The van der Waals surface area contributed by atoms with Gasteiger partial charge in [-0.05, 0) is 25.0 Å². The molecule has 1 rings (SSSR count). The van der Waals surface area contributed by atoms with Gasteiger partial charge in [-0.15, -0.1) is 11.3 Å². The number of aryl methyl sites for hydroxylation is 1. The van der Waals surface area contributed by atoms with Crippen LogP contribution in [0.15, 0.2) is 15.4 Å². The Labute approximate surface area is 114 Å². The zero-order valence-electron chi connectivity index (χ0n) is 9.68. The van der Waals surface area contributed by atoms with Crippen LogP contribution < -0.4 is 10.5 Å². The summed E-state index contributed by atoms with van der Waals surface area (Å²) in [4.78, 5) is 0. The number of oxime groups is 1. The van der Waals surface area contributed by atoms with Crippen molar-refractivity contribution in [1.82, 2.24) is 4.72 Å². The molecule has 102 valence electrons. The molecule has 1 aromatic rings. The molecule has 0 amide bonds. The van der Waals surface area contributed by atoms with E-state index in [-0.39, 0.29) is 16.6 Å². The van der Waals surface area contributed by atoms with Gasteiger partial charge in [-0.25, -0.2) is 13.1 Å². The SMILES string of the molecule is Cc1cc(S(=O)(=O)NCCC/C(N)=N/O)sc1Cl. The van der Waals surface area contributed by atoms with Crippen LogP contribution in [0.5, 0.6) is 0 Å². The summed E-state index contributed by atoms with van der Waals surface area (Å²) >= 11 is 6.84. The van der Waals surface area contributed by atoms with Gasteiger partial charge in [0.05, 0.1) is 4.34 Å². The van der Waals surface area contributed by atoms with Gasteiger partial charge in [0, 0.05) is 13.0 Å². The molecule has 18 heavy (non-hydrogen) atoms. The van der Waals surface area contributed by atoms with E-state index in [1.54, 1.807) is 6.92 Å². The maximum atomic E-state index is 11.8. The van der Waals surface area contributed by atoms with Crippen LogP contribution in [0.1, 0.15) is 18.4 Å². The van der Waals surface area contributed by atoms with E-state index in [1.165, 1.54) is 6.07 Å². The molecule has 0 aromatic carbocycles. The Hall–Kier alpha value is -0.830. The first-order valence-corrected chi connectivity index (χ1v) is 7.76. The minimum absolute atomic E-state index is 0.0733. The number of halogens is 1. The van der Waals surface area contributed by atoms with Gasteiger partial charge in [-0.2, -0.15) is 0 Å². The van der Waals surface area contributed by atoms with Crippen LogP contribution in [0.2, 0.25) is 4.34 Å². The second kappa shape index (κ2) is 6.37. The number of thiophene rings is 1. The zero-order valence-corrected chi connectivity index (χ0v) is 12.1. The molecule has 0 aliphatic rings. The molecule has 0 radical (unpaired) electrons. The zero-order chi connectivity index (χ0) is 13.8. The van der Waals surface area contributed by atoms with E-state index in [4.69, 9.17) is 22.5 Å². The highest BCUT2D eigenvalue weighted by molar-refractivity contribution is 7.91. The third kappa shape index (κ3) is 4.13. The quantitative estimate of drug-likeness (QED) is 0.243. The summed E-state index contributed by atoms with van der Waals surface area (Å²) in [6.07, 6.45) is 0.774. The Balaban J connectivity index is 2.55. The lowest BCUT2D eigenvalue weighted by atomic mass is 10.3. The van der Waals surface area contributed by atoms with Crippen LogP contribution in [0.3, 0.4) is 0 Å². The number of nitrogens with one attached hydrogen (secondary N) is 1. The van der Waals surface area contributed by atoms with Crippen LogP contribution >= 0.6 is 22.9 Å². The second-order valence-corrected chi connectivity index (χ2v) is 7.26. The van der Waals surface area contributed by atoms with Crippen LogP contribution in [-0.2, 0) is 10.0 Å². The fourth-order valence-electron chi connectivity index (χ4n) is 1.16. The second-order valence-electron chi connectivity index (χ2n) is 3.61. The van der Waals surface area contributed by atoms with Crippen molar-refractivity contribution in [3.8, 4) is 0 Å². The first-order chi connectivity index (χ1) is 8.36. The van der Waals surface area contributed by atoms with Crippen molar-refractivity contribution in [2.24, 2.45) is 10.9 Å². The minimum Gasteiger partial charge on any atom is -0.409 e. The smallest absolute Gasteiger partial charge is 0.250 e. The molecular formula is C9H14ClN3O3S2. The third-order valence-corrected chi connectivity index (χ3v) is 5.62. The highest BCUT2D eigenvalue weighted by atomic mass is 35.5. The molecule has 0 aliphatic carbocycles. The maximum absolute atomic E-state index is 11.8. The van der Waals surface area contributed by atoms with Crippen molar-refractivity contribution in [1.29, 1.82) is 0 Å². The van der Waals surface area contributed by atoms with Crippen molar-refractivity contribution in [3.05, 3.63) is 16.0 Å². The summed E-state index contributed by atoms with van der Waals surface area (Å²) in [5.74, 6) is 0.0733. The van der Waals surface area contributed by atoms with E-state index in [0.29, 0.717) is 17.2 Å². The molecule has 0 saturated heterocycles. The van der Waals surface area contributed by atoms with E-state index >= 15 is 0 Å². The fraction of sp³-hybridized carbons (Fsp3) is 0.444. The van der Waals surface area contributed by atoms with E-state index in [1.807, 2.05) is 0 Å². The largest absolute Gasteiger partial charge is 0.409 e. The highest BCUT2D eigenvalue weighted by Crippen LogP contribution is 2.29. The van der Waals surface area contributed by atoms with Gasteiger partial charge in [-0.3, -0.25) is 0 Å². The number of amidine groups is 1. The molecular weight excluding hydrogens is 298 g/mol. The number of hydrogen-bond donors (Lipinski definition) is 3. The summed E-state index contributed by atoms with van der Waals surface area (Å²) in [5.41, 5.74) is 6.00. The number of rotatable bonds is 6. The van der Waals surface area contributed by atoms with E-state index in [0.717, 1.165) is 16.9 Å². The third-order valence-electron chi connectivity index (χ3n) is 2.13. The van der Waals surface area contributed by atoms with Crippen molar-refractivity contribution in [2.45, 2.75) is 24.0 Å². The first kappa shape index (κ1) is 15.2. The van der Waals surface area contributed by atoms with Crippen molar-refractivity contribution in [3.63, 3.8) is 0 Å². The molecule has 6 nitrogen and oxygen atoms in total. The molecule has 1 aromatic heterocycles. The topological polar surface area (TPSA) is 105 Å². The Morgan fingerprint density at radius 1 is 1.67 bits per heavy atom. The molecule has 0 aliphatic heterocycles. The van der Waals surface area contributed by atoms with Gasteiger partial charge in [0.25, 0.3) is 0 Å². The molecule has 9 heteroatoms. The van der Waals surface area contributed by atoms with E-state index in [9.17, 15) is 8.42 Å². The molecule has 0 unspecified atom stereocenters. The number of hydrogen-bond acceptors (Lipinski definition) is 5. The van der Waals surface area contributed by atoms with Crippen LogP contribution in [0.25, 0.3) is 0 Å². The van der Waals surface area contributed by atoms with E-state index in [2.05, 4.69) is 9.88 Å². The number of nitrogens with two attached hydrogens (primary N) is 1. The lowest BCUT2D eigenvalue weighted by Gasteiger charge is -2.03. The van der Waals surface area contributed by atoms with E-state index < -0.39 is 10.0 Å². The van der Waals surface area contributed by atoms with Gasteiger partial charge < -0.3 is 10.9 Å². The Bertz CT molecular complexity index is 520. The summed E-state index contributed by atoms with van der Waals surface area (Å²) in [7, 11) is -3.53. The molecule has 0 saturated carbocycles. The summed E-state index contributed by atoms with van der Waals surface area (Å²) < 4.78 is 26.8. The normalized spacial score (nSPS) is 12.9. The fourth-order valence-corrected chi connectivity index (χ4v) is 3.99. The van der Waals surface area contributed by atoms with Gasteiger partial charge >= 0.3 is 0 Å². The summed E-state index contributed by atoms with van der Waals surface area (Å²) in [5, 5.41) is 11.1.